The van der Waals surface area contributed by atoms with E-state index < -0.39 is 0 Å². The number of hydrogen-bond donors (Lipinski definition) is 0. The molecule has 1 saturated carbocycles. The van der Waals surface area contributed by atoms with Crippen LogP contribution in [-0.4, -0.2) is 60.9 Å². The molecule has 0 radical (unpaired) electrons. The smallest absolute Gasteiger partial charge is 0.115 e. The van der Waals surface area contributed by atoms with Crippen LogP contribution in [0.3, 0.4) is 0 Å². The Labute approximate surface area is 362 Å². The van der Waals surface area contributed by atoms with Gasteiger partial charge in [0.25, 0.3) is 0 Å². The minimum absolute atomic E-state index is 0.0589. The average Bonchev–Trinajstić information content (AvgIpc) is 3.60. The summed E-state index contributed by atoms with van der Waals surface area (Å²) >= 11 is 0. The molecule has 0 atom stereocenters. The standard InChI is InChI=1S/C18H29N3.C18H26N2.C16H23FN2/c1-13(2)14-8-9-16-15(12-14)19-17(18(3,4)5)21(16)11-10-20(6)7;1-12(2)14-8-9-16-15(10-14)19-17(18(3,4)5)20(16)11-13-6-7-13;1-11(2)12-6-7-14-13(10-12)18-15(16(3,4)5)19(14)9-8-17/h8-9,12-13H,10-11H2,1-7H3;8-10,12-13H,6-7,11H2,1-5H3;6-7,10-11H,8-9H2,1-5H3. The monoisotopic (exact) mass is 820 g/mol. The second-order valence-electron chi connectivity index (χ2n) is 21.6. The fourth-order valence-corrected chi connectivity index (χ4v) is 7.82. The summed E-state index contributed by atoms with van der Waals surface area (Å²) in [6.07, 6.45) is 2.76. The summed E-state index contributed by atoms with van der Waals surface area (Å²) in [5.74, 6) is 5.83. The van der Waals surface area contributed by atoms with Crippen molar-refractivity contribution >= 4 is 33.1 Å². The lowest BCUT2D eigenvalue weighted by Crippen LogP contribution is -2.24. The van der Waals surface area contributed by atoms with Crippen LogP contribution in [-0.2, 0) is 35.9 Å². The highest BCUT2D eigenvalue weighted by molar-refractivity contribution is 5.79. The molecular weight excluding hydrogens is 742 g/mol. The van der Waals surface area contributed by atoms with Crippen molar-refractivity contribution in [1.82, 2.24) is 33.6 Å². The van der Waals surface area contributed by atoms with Crippen LogP contribution in [0.4, 0.5) is 4.39 Å². The van der Waals surface area contributed by atoms with Crippen LogP contribution in [0.15, 0.2) is 54.6 Å². The maximum absolute atomic E-state index is 12.8. The molecule has 0 N–H and O–H groups in total. The van der Waals surface area contributed by atoms with Crippen LogP contribution >= 0.6 is 0 Å². The Morgan fingerprint density at radius 3 is 1.18 bits per heavy atom. The van der Waals surface area contributed by atoms with Crippen molar-refractivity contribution < 1.29 is 4.39 Å². The van der Waals surface area contributed by atoms with Crippen LogP contribution in [0.25, 0.3) is 33.1 Å². The molecular formula is C52H78FN7. The van der Waals surface area contributed by atoms with Crippen LogP contribution in [0, 0.1) is 5.92 Å². The summed E-state index contributed by atoms with van der Waals surface area (Å²) in [5.41, 5.74) is 11.0. The van der Waals surface area contributed by atoms with Gasteiger partial charge in [0.15, 0.2) is 0 Å². The molecule has 60 heavy (non-hydrogen) atoms. The number of nitrogens with zero attached hydrogens (tertiary/aromatic N) is 7. The van der Waals surface area contributed by atoms with Gasteiger partial charge in [0.1, 0.15) is 24.1 Å². The van der Waals surface area contributed by atoms with E-state index in [1.807, 2.05) is 4.57 Å². The number of benzene rings is 3. The molecule has 328 valence electrons. The Hall–Kier alpha value is -4.04. The van der Waals surface area contributed by atoms with Gasteiger partial charge in [-0.3, -0.25) is 0 Å². The van der Waals surface area contributed by atoms with E-state index in [1.54, 1.807) is 0 Å². The molecule has 0 spiro atoms. The Kier molecular flexibility index (Phi) is 14.5. The van der Waals surface area contributed by atoms with Gasteiger partial charge in [0, 0.05) is 35.9 Å². The minimum Gasteiger partial charge on any atom is -0.327 e. The molecule has 7 rings (SSSR count). The van der Waals surface area contributed by atoms with Crippen molar-refractivity contribution in [2.75, 3.05) is 27.3 Å². The second-order valence-corrected chi connectivity index (χ2v) is 21.6. The highest BCUT2D eigenvalue weighted by Crippen LogP contribution is 2.36. The molecule has 3 heterocycles. The number of fused-ring (bicyclic) bond motifs is 3. The summed E-state index contributed by atoms with van der Waals surface area (Å²) in [6, 6.07) is 19.9. The summed E-state index contributed by atoms with van der Waals surface area (Å²) in [5, 5.41) is 0. The zero-order chi connectivity index (χ0) is 44.5. The predicted octanol–water partition coefficient (Wildman–Crippen LogP) is 13.3. The van der Waals surface area contributed by atoms with E-state index in [2.05, 4.69) is 187 Å². The van der Waals surface area contributed by atoms with Gasteiger partial charge in [-0.25, -0.2) is 19.3 Å². The largest absolute Gasteiger partial charge is 0.327 e. The summed E-state index contributed by atoms with van der Waals surface area (Å²) in [6.45, 7) is 36.3. The summed E-state index contributed by atoms with van der Waals surface area (Å²) in [4.78, 5) is 16.9. The molecule has 6 aromatic rings. The van der Waals surface area contributed by atoms with Crippen LogP contribution in [0.2, 0.25) is 0 Å². The first-order chi connectivity index (χ1) is 27.9. The average molecular weight is 820 g/mol. The predicted molar refractivity (Wildman–Crippen MR) is 255 cm³/mol. The highest BCUT2D eigenvalue weighted by Gasteiger charge is 2.29. The quantitative estimate of drug-likeness (QED) is 0.138. The van der Waals surface area contributed by atoms with Crippen LogP contribution in [0.1, 0.15) is 169 Å². The van der Waals surface area contributed by atoms with E-state index in [1.165, 1.54) is 57.7 Å². The second kappa shape index (κ2) is 18.5. The normalized spacial score (nSPS) is 13.9. The third-order valence-electron chi connectivity index (χ3n) is 11.5. The van der Waals surface area contributed by atoms with E-state index in [0.29, 0.717) is 24.3 Å². The molecule has 0 unspecified atom stereocenters. The molecule has 0 bridgehead atoms. The SMILES string of the molecule is CC(C)c1ccc2c(c1)nc(C(C)(C)C)n2CC1CC1.CC(C)c1ccc2c(c1)nc(C(C)(C)C)n2CCF.CC(C)c1ccc2c(c1)nc(C(C)(C)C)n2CCN(C)C. The summed E-state index contributed by atoms with van der Waals surface area (Å²) in [7, 11) is 4.24. The Balaban J connectivity index is 0.000000171. The number of hydrogen-bond acceptors (Lipinski definition) is 4. The number of halogens is 1. The third-order valence-corrected chi connectivity index (χ3v) is 11.5. The number of rotatable bonds is 10. The highest BCUT2D eigenvalue weighted by atomic mass is 19.1. The van der Waals surface area contributed by atoms with Crippen molar-refractivity contribution in [2.45, 2.75) is 170 Å². The van der Waals surface area contributed by atoms with E-state index in [9.17, 15) is 4.39 Å². The van der Waals surface area contributed by atoms with Crippen molar-refractivity contribution in [2.24, 2.45) is 5.92 Å². The van der Waals surface area contributed by atoms with E-state index in [0.717, 1.165) is 47.9 Å². The molecule has 1 aliphatic rings. The summed E-state index contributed by atoms with van der Waals surface area (Å²) < 4.78 is 19.7. The number of aryl methyl sites for hydroxylation is 1. The Bertz CT molecular complexity index is 2340. The fraction of sp³-hybridized carbons (Fsp3) is 0.596. The Morgan fingerprint density at radius 2 is 0.883 bits per heavy atom. The van der Waals surface area contributed by atoms with Gasteiger partial charge >= 0.3 is 0 Å². The molecule has 7 nitrogen and oxygen atoms in total. The fourth-order valence-electron chi connectivity index (χ4n) is 7.82. The van der Waals surface area contributed by atoms with E-state index in [4.69, 9.17) is 15.0 Å². The number of alkyl halides is 1. The van der Waals surface area contributed by atoms with Gasteiger partial charge in [-0.15, -0.1) is 0 Å². The molecule has 3 aromatic carbocycles. The van der Waals surface area contributed by atoms with Gasteiger partial charge in [-0.05, 0) is 104 Å². The van der Waals surface area contributed by atoms with Crippen LogP contribution in [0.5, 0.6) is 0 Å². The van der Waals surface area contributed by atoms with Gasteiger partial charge in [-0.2, -0.15) is 0 Å². The van der Waals surface area contributed by atoms with Gasteiger partial charge < -0.3 is 18.6 Å². The number of likely N-dealkylation sites (N-methyl/N-ethyl adjacent to an activating group) is 1. The van der Waals surface area contributed by atoms with Crippen molar-refractivity contribution in [3.63, 3.8) is 0 Å². The molecule has 0 amide bonds. The van der Waals surface area contributed by atoms with Crippen molar-refractivity contribution in [3.05, 3.63) is 88.8 Å². The molecule has 0 aliphatic heterocycles. The molecule has 0 saturated heterocycles. The molecule has 3 aromatic heterocycles. The number of aromatic nitrogens is 6. The topological polar surface area (TPSA) is 56.7 Å². The lowest BCUT2D eigenvalue weighted by molar-refractivity contribution is 0.375. The zero-order valence-corrected chi connectivity index (χ0v) is 40.5. The molecule has 8 heteroatoms. The minimum atomic E-state index is -0.361. The van der Waals surface area contributed by atoms with Gasteiger partial charge in [-0.1, -0.05) is 122 Å². The first-order valence-corrected chi connectivity index (χ1v) is 22.6. The van der Waals surface area contributed by atoms with Crippen molar-refractivity contribution in [3.8, 4) is 0 Å². The maximum atomic E-state index is 12.8. The van der Waals surface area contributed by atoms with Gasteiger partial charge in [0.2, 0.25) is 0 Å². The van der Waals surface area contributed by atoms with Crippen molar-refractivity contribution in [1.29, 1.82) is 0 Å². The molecule has 1 aliphatic carbocycles. The lowest BCUT2D eigenvalue weighted by Gasteiger charge is -2.21. The first kappa shape index (κ1) is 47.0. The van der Waals surface area contributed by atoms with Crippen LogP contribution < -0.4 is 0 Å². The third kappa shape index (κ3) is 11.3. The number of imidazole rings is 3. The van der Waals surface area contributed by atoms with E-state index >= 15 is 0 Å². The van der Waals surface area contributed by atoms with Gasteiger partial charge in [0.05, 0.1) is 39.6 Å². The Morgan fingerprint density at radius 1 is 0.550 bits per heavy atom. The van der Waals surface area contributed by atoms with E-state index in [-0.39, 0.29) is 22.9 Å². The lowest BCUT2D eigenvalue weighted by atomic mass is 9.95. The molecule has 1 fully saturated rings. The maximum Gasteiger partial charge on any atom is 0.115 e. The first-order valence-electron chi connectivity index (χ1n) is 22.6. The zero-order valence-electron chi connectivity index (χ0n) is 40.5.